The Morgan fingerprint density at radius 3 is 3.09 bits per heavy atom. The van der Waals surface area contributed by atoms with Crippen LogP contribution in [0, 0.1) is 0 Å². The van der Waals surface area contributed by atoms with Crippen molar-refractivity contribution in [2.24, 2.45) is 4.99 Å². The maximum Gasteiger partial charge on any atom is 0.0644 e. The molecule has 0 amide bonds. The van der Waals surface area contributed by atoms with E-state index in [0.717, 1.165) is 0 Å². The molecule has 0 saturated heterocycles. The van der Waals surface area contributed by atoms with E-state index in [4.69, 9.17) is 0 Å². The standard InChI is InChI=1S/C9H7NS/c1-2-4-9-8(3-1)5-6-10-7-11-9/h1-7H. The third kappa shape index (κ3) is 1.35. The number of hydrogen-bond donors (Lipinski definition) is 0. The summed E-state index contributed by atoms with van der Waals surface area (Å²) in [4.78, 5) is 5.31. The van der Waals surface area contributed by atoms with Crippen LogP contribution in [0.5, 0.6) is 0 Å². The molecule has 0 aliphatic carbocycles. The highest BCUT2D eigenvalue weighted by atomic mass is 32.2. The lowest BCUT2D eigenvalue weighted by Crippen LogP contribution is -1.75. The van der Waals surface area contributed by atoms with Gasteiger partial charge in [0.1, 0.15) is 0 Å². The van der Waals surface area contributed by atoms with E-state index in [1.54, 1.807) is 11.8 Å². The second-order valence-electron chi connectivity index (χ2n) is 2.23. The first-order valence-electron chi connectivity index (χ1n) is 3.41. The molecule has 0 unspecified atom stereocenters. The molecule has 1 heterocycles. The second kappa shape index (κ2) is 2.93. The normalized spacial score (nSPS) is 14.2. The highest BCUT2D eigenvalue weighted by molar-refractivity contribution is 8.12. The van der Waals surface area contributed by atoms with Gasteiger partial charge >= 0.3 is 0 Å². The van der Waals surface area contributed by atoms with Crippen molar-refractivity contribution in [3.63, 3.8) is 0 Å². The number of aliphatic imine (C=N–C) groups is 1. The summed E-state index contributed by atoms with van der Waals surface area (Å²) >= 11 is 1.66. The average molecular weight is 161 g/mol. The van der Waals surface area contributed by atoms with E-state index in [9.17, 15) is 0 Å². The van der Waals surface area contributed by atoms with Crippen molar-refractivity contribution in [2.45, 2.75) is 4.90 Å². The molecule has 0 radical (unpaired) electrons. The van der Waals surface area contributed by atoms with Crippen molar-refractivity contribution in [2.75, 3.05) is 0 Å². The number of thioether (sulfide) groups is 1. The van der Waals surface area contributed by atoms with Crippen LogP contribution in [-0.4, -0.2) is 5.55 Å². The lowest BCUT2D eigenvalue weighted by Gasteiger charge is -1.97. The molecule has 2 heteroatoms. The van der Waals surface area contributed by atoms with E-state index in [1.807, 2.05) is 30.0 Å². The molecule has 0 atom stereocenters. The second-order valence-corrected chi connectivity index (χ2v) is 3.11. The first-order valence-corrected chi connectivity index (χ1v) is 4.29. The molecule has 0 saturated carbocycles. The Kier molecular flexibility index (Phi) is 1.78. The van der Waals surface area contributed by atoms with Crippen LogP contribution >= 0.6 is 11.8 Å². The Morgan fingerprint density at radius 1 is 1.18 bits per heavy atom. The number of benzene rings is 1. The van der Waals surface area contributed by atoms with Crippen LogP contribution in [0.2, 0.25) is 0 Å². The van der Waals surface area contributed by atoms with Gasteiger partial charge in [-0.1, -0.05) is 30.0 Å². The number of nitrogens with zero attached hydrogens (tertiary/aromatic N) is 1. The highest BCUT2D eigenvalue weighted by Crippen LogP contribution is 2.23. The van der Waals surface area contributed by atoms with E-state index >= 15 is 0 Å². The summed E-state index contributed by atoms with van der Waals surface area (Å²) in [6.45, 7) is 0. The summed E-state index contributed by atoms with van der Waals surface area (Å²) in [5.41, 5.74) is 3.09. The summed E-state index contributed by atoms with van der Waals surface area (Å²) in [6.07, 6.45) is 3.84. The van der Waals surface area contributed by atoms with Crippen molar-refractivity contribution in [3.05, 3.63) is 36.0 Å². The number of rotatable bonds is 0. The molecule has 0 N–H and O–H groups in total. The minimum atomic E-state index is 1.25. The van der Waals surface area contributed by atoms with Crippen molar-refractivity contribution in [1.82, 2.24) is 0 Å². The van der Waals surface area contributed by atoms with Gasteiger partial charge in [-0.2, -0.15) is 0 Å². The molecular weight excluding hydrogens is 154 g/mol. The van der Waals surface area contributed by atoms with Crippen molar-refractivity contribution < 1.29 is 0 Å². The molecule has 1 aliphatic rings. The van der Waals surface area contributed by atoms with Crippen LogP contribution in [-0.2, 0) is 0 Å². The van der Waals surface area contributed by atoms with Gasteiger partial charge in [0.2, 0.25) is 0 Å². The van der Waals surface area contributed by atoms with E-state index < -0.39 is 0 Å². The molecule has 1 aliphatic heterocycles. The van der Waals surface area contributed by atoms with Crippen LogP contribution in [0.15, 0.2) is 40.4 Å². The molecular formula is C9H7NS. The maximum atomic E-state index is 4.04. The van der Waals surface area contributed by atoms with E-state index in [2.05, 4.69) is 17.1 Å². The van der Waals surface area contributed by atoms with E-state index in [-0.39, 0.29) is 0 Å². The highest BCUT2D eigenvalue weighted by Gasteiger charge is 1.98. The van der Waals surface area contributed by atoms with Crippen LogP contribution in [0.4, 0.5) is 0 Å². The summed E-state index contributed by atoms with van der Waals surface area (Å²) < 4.78 is 0. The van der Waals surface area contributed by atoms with Gasteiger partial charge in [-0.3, -0.25) is 4.99 Å². The van der Waals surface area contributed by atoms with Gasteiger partial charge in [0, 0.05) is 11.1 Å². The van der Waals surface area contributed by atoms with Gasteiger partial charge < -0.3 is 0 Å². The Bertz CT molecular complexity index is 315. The van der Waals surface area contributed by atoms with Crippen LogP contribution in [0.25, 0.3) is 6.08 Å². The third-order valence-corrected chi connectivity index (χ3v) is 2.35. The molecule has 0 fully saturated rings. The first-order chi connectivity index (χ1) is 5.47. The molecule has 1 nitrogen and oxygen atoms in total. The van der Waals surface area contributed by atoms with Crippen LogP contribution < -0.4 is 0 Å². The topological polar surface area (TPSA) is 12.4 Å². The van der Waals surface area contributed by atoms with Crippen molar-refractivity contribution in [1.29, 1.82) is 0 Å². The lowest BCUT2D eigenvalue weighted by molar-refractivity contribution is 1.43. The summed E-state index contributed by atoms with van der Waals surface area (Å²) in [6, 6.07) is 8.27. The molecule has 54 valence electrons. The molecule has 2 rings (SSSR count). The third-order valence-electron chi connectivity index (χ3n) is 1.50. The predicted octanol–water partition coefficient (Wildman–Crippen LogP) is 2.79. The zero-order valence-electron chi connectivity index (χ0n) is 5.90. The van der Waals surface area contributed by atoms with Gasteiger partial charge in [0.25, 0.3) is 0 Å². The fourth-order valence-electron chi connectivity index (χ4n) is 0.971. The van der Waals surface area contributed by atoms with Gasteiger partial charge in [-0.05, 0) is 17.7 Å². The number of fused-ring (bicyclic) bond motifs is 1. The summed E-state index contributed by atoms with van der Waals surface area (Å²) in [7, 11) is 0. The van der Waals surface area contributed by atoms with Crippen LogP contribution in [0.3, 0.4) is 0 Å². The number of hydrogen-bond acceptors (Lipinski definition) is 2. The maximum absolute atomic E-state index is 4.04. The molecule has 11 heavy (non-hydrogen) atoms. The zero-order chi connectivity index (χ0) is 7.52. The Labute approximate surface area is 69.8 Å². The first kappa shape index (κ1) is 6.68. The molecule has 0 spiro atoms. The minimum Gasteiger partial charge on any atom is -0.258 e. The zero-order valence-corrected chi connectivity index (χ0v) is 6.71. The monoisotopic (exact) mass is 161 g/mol. The van der Waals surface area contributed by atoms with Gasteiger partial charge in [0.15, 0.2) is 0 Å². The Balaban J connectivity index is 2.52. The summed E-state index contributed by atoms with van der Waals surface area (Å²) in [5, 5.41) is 0. The lowest BCUT2D eigenvalue weighted by atomic mass is 10.2. The molecule has 1 aromatic rings. The minimum absolute atomic E-state index is 1.25. The average Bonchev–Trinajstić information content (AvgIpc) is 2.28. The van der Waals surface area contributed by atoms with Crippen molar-refractivity contribution in [3.8, 4) is 0 Å². The smallest absolute Gasteiger partial charge is 0.0644 e. The van der Waals surface area contributed by atoms with Gasteiger partial charge in [-0.25, -0.2) is 0 Å². The molecule has 0 bridgehead atoms. The van der Waals surface area contributed by atoms with E-state index in [0.29, 0.717) is 0 Å². The largest absolute Gasteiger partial charge is 0.258 e. The van der Waals surface area contributed by atoms with Crippen LogP contribution in [0.1, 0.15) is 5.56 Å². The predicted molar refractivity (Wildman–Crippen MR) is 49.8 cm³/mol. The van der Waals surface area contributed by atoms with E-state index in [1.165, 1.54) is 10.5 Å². The molecule has 0 aromatic heterocycles. The van der Waals surface area contributed by atoms with Gasteiger partial charge in [-0.15, -0.1) is 0 Å². The Morgan fingerprint density at radius 2 is 2.09 bits per heavy atom. The fourth-order valence-corrected chi connectivity index (χ4v) is 1.65. The Hall–Kier alpha value is -1.02. The SMILES string of the molecule is C1=Cc2ccccc2SC=N1. The van der Waals surface area contributed by atoms with Crippen molar-refractivity contribution >= 4 is 23.4 Å². The quantitative estimate of drug-likeness (QED) is 0.570. The summed E-state index contributed by atoms with van der Waals surface area (Å²) in [5.74, 6) is 0. The fraction of sp³-hybridized carbons (Fsp3) is 0. The molecule has 1 aromatic carbocycles. The van der Waals surface area contributed by atoms with Gasteiger partial charge in [0.05, 0.1) is 5.55 Å².